The third-order valence-corrected chi connectivity index (χ3v) is 6.38. The zero-order chi connectivity index (χ0) is 16.7. The Balaban J connectivity index is 1.65. The summed E-state index contributed by atoms with van der Waals surface area (Å²) in [6.07, 6.45) is 5.17. The summed E-state index contributed by atoms with van der Waals surface area (Å²) in [4.78, 5) is 25.5. The number of nitrogens with one attached hydrogen (secondary N) is 1. The topological polar surface area (TPSA) is 67.3 Å². The van der Waals surface area contributed by atoms with Gasteiger partial charge in [-0.05, 0) is 37.7 Å². The fourth-order valence-electron chi connectivity index (χ4n) is 3.99. The van der Waals surface area contributed by atoms with Crippen LogP contribution in [0.2, 0.25) is 0 Å². The van der Waals surface area contributed by atoms with Crippen LogP contribution in [0.5, 0.6) is 0 Å². The van der Waals surface area contributed by atoms with E-state index in [1.165, 1.54) is 24.2 Å². The predicted molar refractivity (Wildman–Crippen MR) is 94.7 cm³/mol. The number of ether oxygens (including phenoxy) is 1. The third kappa shape index (κ3) is 2.56. The summed E-state index contributed by atoms with van der Waals surface area (Å²) >= 11 is 1.49. The maximum Gasteiger partial charge on any atom is 0.264 e. The molecule has 1 amide bonds. The first-order valence-electron chi connectivity index (χ1n) is 8.47. The third-order valence-electron chi connectivity index (χ3n) is 5.19. The minimum absolute atomic E-state index is 0.172. The minimum atomic E-state index is 0.172. The number of fused-ring (bicyclic) bond motifs is 3. The molecule has 2 aliphatic rings. The van der Waals surface area contributed by atoms with Crippen molar-refractivity contribution in [2.45, 2.75) is 32.2 Å². The molecule has 0 aromatic carbocycles. The maximum absolute atomic E-state index is 13.0. The average Bonchev–Trinajstić information content (AvgIpc) is 3.29. The summed E-state index contributed by atoms with van der Waals surface area (Å²) in [5, 5.41) is 4.25. The van der Waals surface area contributed by atoms with Crippen LogP contribution in [0.1, 0.15) is 34.5 Å². The highest BCUT2D eigenvalue weighted by Gasteiger charge is 2.41. The average molecular weight is 346 g/mol. The van der Waals surface area contributed by atoms with Crippen molar-refractivity contribution in [2.75, 3.05) is 32.1 Å². The van der Waals surface area contributed by atoms with Gasteiger partial charge in [-0.2, -0.15) is 0 Å². The number of aromatic nitrogens is 2. The van der Waals surface area contributed by atoms with Crippen molar-refractivity contribution < 1.29 is 9.53 Å². The Morgan fingerprint density at radius 2 is 2.33 bits per heavy atom. The molecule has 1 N–H and O–H groups in total. The Hall–Kier alpha value is -1.73. The van der Waals surface area contributed by atoms with Crippen molar-refractivity contribution in [1.29, 1.82) is 0 Å². The molecule has 6 nitrogen and oxygen atoms in total. The van der Waals surface area contributed by atoms with Crippen LogP contribution >= 0.6 is 11.3 Å². The molecule has 2 atom stereocenters. The number of thiophene rings is 1. The summed E-state index contributed by atoms with van der Waals surface area (Å²) in [5.41, 5.74) is 0.989. The lowest BCUT2D eigenvalue weighted by molar-refractivity contribution is 0.0708. The molecule has 2 unspecified atom stereocenters. The van der Waals surface area contributed by atoms with Gasteiger partial charge in [-0.1, -0.05) is 0 Å². The highest BCUT2D eigenvalue weighted by atomic mass is 32.1. The van der Waals surface area contributed by atoms with Crippen LogP contribution in [0.15, 0.2) is 6.33 Å². The van der Waals surface area contributed by atoms with Crippen molar-refractivity contribution in [3.8, 4) is 0 Å². The fourth-order valence-corrected chi connectivity index (χ4v) is 5.09. The largest absolute Gasteiger partial charge is 0.383 e. The summed E-state index contributed by atoms with van der Waals surface area (Å²) in [6, 6.07) is 0.442. The molecule has 0 radical (unpaired) electrons. The van der Waals surface area contributed by atoms with E-state index in [9.17, 15) is 4.79 Å². The summed E-state index contributed by atoms with van der Waals surface area (Å²) in [7, 11) is 1.67. The second kappa shape index (κ2) is 6.29. The molecule has 2 bridgehead atoms. The van der Waals surface area contributed by atoms with Gasteiger partial charge in [0.1, 0.15) is 17.0 Å². The highest BCUT2D eigenvalue weighted by molar-refractivity contribution is 7.20. The van der Waals surface area contributed by atoms with Gasteiger partial charge in [-0.3, -0.25) is 4.79 Å². The Bertz CT molecular complexity index is 775. The van der Waals surface area contributed by atoms with Gasteiger partial charge in [0, 0.05) is 26.2 Å². The maximum atomic E-state index is 13.0. The second-order valence-corrected chi connectivity index (χ2v) is 7.67. The van der Waals surface area contributed by atoms with Crippen LogP contribution in [0, 0.1) is 12.8 Å². The number of rotatable bonds is 5. The molecule has 1 aliphatic carbocycles. The molecule has 4 rings (SSSR count). The smallest absolute Gasteiger partial charge is 0.264 e. The number of hydrogen-bond donors (Lipinski definition) is 1. The number of hydrogen-bond acceptors (Lipinski definition) is 6. The van der Waals surface area contributed by atoms with E-state index in [2.05, 4.69) is 20.2 Å². The van der Waals surface area contributed by atoms with Crippen LogP contribution in [0.4, 0.5) is 5.82 Å². The van der Waals surface area contributed by atoms with E-state index in [1.807, 2.05) is 6.92 Å². The lowest BCUT2D eigenvalue weighted by atomic mass is 10.1. The molecule has 1 aliphatic heterocycles. The molecule has 2 aromatic rings. The quantitative estimate of drug-likeness (QED) is 0.843. The number of carbonyl (C=O) groups is 1. The molecular formula is C17H22N4O2S. The molecule has 3 heterocycles. The minimum Gasteiger partial charge on any atom is -0.383 e. The number of amides is 1. The Morgan fingerprint density at radius 3 is 3.04 bits per heavy atom. The normalized spacial score (nSPS) is 22.5. The first kappa shape index (κ1) is 15.8. The molecule has 2 aromatic heterocycles. The molecular weight excluding hydrogens is 324 g/mol. The van der Waals surface area contributed by atoms with Gasteiger partial charge < -0.3 is 15.0 Å². The standard InChI is InChI=1S/C17H22N4O2S/c1-10-13-15(18-5-6-23-2)19-9-20-16(13)24-14(10)17(22)21-8-11-3-4-12(21)7-11/h9,11-12H,3-8H2,1-2H3,(H,18,19,20). The van der Waals surface area contributed by atoms with Crippen LogP contribution in [0.3, 0.4) is 0 Å². The number of nitrogens with zero attached hydrogens (tertiary/aromatic N) is 3. The van der Waals surface area contributed by atoms with Gasteiger partial charge in [0.2, 0.25) is 0 Å². The number of aryl methyl sites for hydroxylation is 1. The second-order valence-electron chi connectivity index (χ2n) is 6.67. The fraction of sp³-hybridized carbons (Fsp3) is 0.588. The van der Waals surface area contributed by atoms with E-state index in [4.69, 9.17) is 4.74 Å². The number of likely N-dealkylation sites (tertiary alicyclic amines) is 1. The van der Waals surface area contributed by atoms with Gasteiger partial charge in [0.05, 0.1) is 16.9 Å². The van der Waals surface area contributed by atoms with Crippen molar-refractivity contribution in [3.63, 3.8) is 0 Å². The van der Waals surface area contributed by atoms with Crippen molar-refractivity contribution in [3.05, 3.63) is 16.8 Å². The highest BCUT2D eigenvalue weighted by Crippen LogP contribution is 2.40. The van der Waals surface area contributed by atoms with E-state index < -0.39 is 0 Å². The SMILES string of the molecule is COCCNc1ncnc2sc(C(=O)N3CC4CCC3C4)c(C)c12. The lowest BCUT2D eigenvalue weighted by Gasteiger charge is -2.26. The lowest BCUT2D eigenvalue weighted by Crippen LogP contribution is -2.37. The van der Waals surface area contributed by atoms with Crippen molar-refractivity contribution in [1.82, 2.24) is 14.9 Å². The monoisotopic (exact) mass is 346 g/mol. The predicted octanol–water partition coefficient (Wildman–Crippen LogP) is 2.68. The van der Waals surface area contributed by atoms with Crippen molar-refractivity contribution in [2.24, 2.45) is 5.92 Å². The number of methoxy groups -OCH3 is 1. The number of piperidine rings is 1. The van der Waals surface area contributed by atoms with Gasteiger partial charge in [0.15, 0.2) is 0 Å². The Morgan fingerprint density at radius 1 is 1.46 bits per heavy atom. The molecule has 1 saturated carbocycles. The van der Waals surface area contributed by atoms with E-state index in [0.29, 0.717) is 25.1 Å². The van der Waals surface area contributed by atoms with Crippen LogP contribution in [0.25, 0.3) is 10.2 Å². The van der Waals surface area contributed by atoms with E-state index in [1.54, 1.807) is 13.4 Å². The summed E-state index contributed by atoms with van der Waals surface area (Å²) in [6.45, 7) is 4.21. The first-order valence-corrected chi connectivity index (χ1v) is 9.28. The van der Waals surface area contributed by atoms with Crippen molar-refractivity contribution >= 4 is 33.3 Å². The summed E-state index contributed by atoms with van der Waals surface area (Å²) in [5.74, 6) is 1.66. The molecule has 1 saturated heterocycles. The Labute approximate surface area is 145 Å². The first-order chi connectivity index (χ1) is 11.7. The van der Waals surface area contributed by atoms with Gasteiger partial charge >= 0.3 is 0 Å². The summed E-state index contributed by atoms with van der Waals surface area (Å²) < 4.78 is 5.08. The molecule has 128 valence electrons. The molecule has 24 heavy (non-hydrogen) atoms. The number of carbonyl (C=O) groups excluding carboxylic acids is 1. The Kier molecular flexibility index (Phi) is 4.14. The van der Waals surface area contributed by atoms with Crippen LogP contribution < -0.4 is 5.32 Å². The zero-order valence-corrected chi connectivity index (χ0v) is 14.9. The van der Waals surface area contributed by atoms with Gasteiger partial charge in [-0.15, -0.1) is 11.3 Å². The van der Waals surface area contributed by atoms with E-state index >= 15 is 0 Å². The van der Waals surface area contributed by atoms with Gasteiger partial charge in [0.25, 0.3) is 5.91 Å². The molecule has 7 heteroatoms. The zero-order valence-electron chi connectivity index (χ0n) is 14.0. The van der Waals surface area contributed by atoms with Crippen LogP contribution in [-0.2, 0) is 4.74 Å². The molecule has 2 fully saturated rings. The molecule has 0 spiro atoms. The van der Waals surface area contributed by atoms with E-state index in [-0.39, 0.29) is 5.91 Å². The number of anilines is 1. The van der Waals surface area contributed by atoms with Crippen LogP contribution in [-0.4, -0.2) is 53.6 Å². The van der Waals surface area contributed by atoms with Gasteiger partial charge in [-0.25, -0.2) is 9.97 Å². The van der Waals surface area contributed by atoms with E-state index in [0.717, 1.165) is 39.4 Å².